The Hall–Kier alpha value is -1.02. The van der Waals surface area contributed by atoms with Crippen LogP contribution in [-0.4, -0.2) is 25.0 Å². The predicted molar refractivity (Wildman–Crippen MR) is 23.8 cm³/mol. The highest BCUT2D eigenvalue weighted by Gasteiger charge is 2.20. The lowest BCUT2D eigenvalue weighted by Crippen LogP contribution is -2.17. The summed E-state index contributed by atoms with van der Waals surface area (Å²) in [6.45, 7) is 0. The van der Waals surface area contributed by atoms with Gasteiger partial charge in [-0.3, -0.25) is 4.55 Å². The van der Waals surface area contributed by atoms with Gasteiger partial charge in [0, 0.05) is 0 Å². The molecule has 0 aromatic rings. The van der Waals surface area contributed by atoms with Gasteiger partial charge >= 0.3 is 22.4 Å². The first-order valence-electron chi connectivity index (χ1n) is 1.73. The molecule has 0 spiro atoms. The van der Waals surface area contributed by atoms with Crippen molar-refractivity contribution in [1.82, 2.24) is 0 Å². The molecule has 0 aliphatic carbocycles. The van der Waals surface area contributed by atoms with Crippen LogP contribution in [-0.2, 0) is 24.2 Å². The van der Waals surface area contributed by atoms with Crippen molar-refractivity contribution in [2.45, 2.75) is 0 Å². The van der Waals surface area contributed by atoms with Gasteiger partial charge in [-0.1, -0.05) is 0 Å². The van der Waals surface area contributed by atoms with E-state index < -0.39 is 22.4 Å². The van der Waals surface area contributed by atoms with Gasteiger partial charge in [0.15, 0.2) is 0 Å². The summed E-state index contributed by atoms with van der Waals surface area (Å²) in [4.78, 5) is 19.0. The van der Waals surface area contributed by atoms with Crippen LogP contribution in [0.2, 0.25) is 0 Å². The zero-order valence-electron chi connectivity index (χ0n) is 4.27. The van der Waals surface area contributed by atoms with Crippen molar-refractivity contribution in [3.05, 3.63) is 0 Å². The fourth-order valence-electron chi connectivity index (χ4n) is 0.128. The summed E-state index contributed by atoms with van der Waals surface area (Å²) >= 11 is 0. The molecule has 10 heavy (non-hydrogen) atoms. The Morgan fingerprint density at radius 3 is 1.90 bits per heavy atom. The van der Waals surface area contributed by atoms with Crippen LogP contribution in [0.5, 0.6) is 0 Å². The number of halogens is 1. The lowest BCUT2D eigenvalue weighted by Gasteiger charge is -1.91. The number of carbonyl (C=O) groups is 2. The lowest BCUT2D eigenvalue weighted by molar-refractivity contribution is -0.153. The zero-order valence-corrected chi connectivity index (χ0v) is 5.09. The summed E-state index contributed by atoms with van der Waals surface area (Å²) in [7, 11) is -5.08. The minimum absolute atomic E-state index is 2.28. The molecule has 0 aromatic heterocycles. The number of hydrogen-bond acceptors (Lipinski definition) is 5. The molecule has 0 saturated heterocycles. The minimum atomic E-state index is -5.08. The van der Waals surface area contributed by atoms with Crippen LogP contribution in [0.25, 0.3) is 0 Å². The lowest BCUT2D eigenvalue weighted by atomic mass is 10.8. The second-order valence-corrected chi connectivity index (χ2v) is 2.09. The standard InChI is InChI=1S/C2HFO6S/c3-1(4)2(5)9-10(6,7)8/h(H,6,7,8). The van der Waals surface area contributed by atoms with Crippen LogP contribution >= 0.6 is 0 Å². The van der Waals surface area contributed by atoms with Crippen LogP contribution in [0.4, 0.5) is 4.39 Å². The van der Waals surface area contributed by atoms with Gasteiger partial charge < -0.3 is 4.18 Å². The van der Waals surface area contributed by atoms with Crippen molar-refractivity contribution in [3.63, 3.8) is 0 Å². The molecule has 1 N–H and O–H groups in total. The van der Waals surface area contributed by atoms with Gasteiger partial charge in [-0.15, -0.1) is 0 Å². The van der Waals surface area contributed by atoms with E-state index in [2.05, 4.69) is 4.18 Å². The van der Waals surface area contributed by atoms with Crippen LogP contribution < -0.4 is 0 Å². The van der Waals surface area contributed by atoms with Gasteiger partial charge in [0.25, 0.3) is 0 Å². The average Bonchev–Trinajstić information content (AvgIpc) is 1.60. The fraction of sp³-hybridized carbons (Fsp3) is 0. The van der Waals surface area contributed by atoms with E-state index in [9.17, 15) is 22.4 Å². The summed E-state index contributed by atoms with van der Waals surface area (Å²) in [5, 5.41) is 0. The zero-order chi connectivity index (χ0) is 8.36. The van der Waals surface area contributed by atoms with E-state index in [1.165, 1.54) is 0 Å². The third-order valence-corrected chi connectivity index (χ3v) is 0.703. The Morgan fingerprint density at radius 2 is 1.80 bits per heavy atom. The van der Waals surface area contributed by atoms with Gasteiger partial charge in [-0.2, -0.15) is 12.8 Å². The predicted octanol–water partition coefficient (Wildman–Crippen LogP) is -1.17. The topological polar surface area (TPSA) is 97.7 Å². The highest BCUT2D eigenvalue weighted by atomic mass is 32.3. The molecule has 0 saturated carbocycles. The third kappa shape index (κ3) is 3.92. The normalized spacial score (nSPS) is 10.6. The van der Waals surface area contributed by atoms with Crippen molar-refractivity contribution in [1.29, 1.82) is 0 Å². The Labute approximate surface area is 54.5 Å². The molecular weight excluding hydrogens is 171 g/mol. The summed E-state index contributed by atoms with van der Waals surface area (Å²) in [5.41, 5.74) is 0. The van der Waals surface area contributed by atoms with Gasteiger partial charge in [0.2, 0.25) is 0 Å². The molecule has 0 aromatic carbocycles. The summed E-state index contributed by atoms with van der Waals surface area (Å²) in [5.74, 6) is -2.28. The molecule has 6 nitrogen and oxygen atoms in total. The highest BCUT2D eigenvalue weighted by Crippen LogP contribution is 1.88. The Bertz CT molecular complexity index is 251. The number of rotatable bonds is 2. The van der Waals surface area contributed by atoms with Crippen LogP contribution in [0.1, 0.15) is 0 Å². The molecule has 0 aliphatic heterocycles. The Balaban J connectivity index is 4.21. The van der Waals surface area contributed by atoms with E-state index in [1.807, 2.05) is 0 Å². The molecule has 0 unspecified atom stereocenters. The monoisotopic (exact) mass is 172 g/mol. The molecule has 0 radical (unpaired) electrons. The molecule has 0 aliphatic rings. The van der Waals surface area contributed by atoms with Crippen LogP contribution in [0.15, 0.2) is 0 Å². The first kappa shape index (κ1) is 8.98. The quantitative estimate of drug-likeness (QED) is 0.320. The van der Waals surface area contributed by atoms with Crippen molar-refractivity contribution in [2.75, 3.05) is 0 Å². The van der Waals surface area contributed by atoms with Gasteiger partial charge in [-0.05, 0) is 0 Å². The summed E-state index contributed by atoms with van der Waals surface area (Å²) < 4.78 is 40.7. The van der Waals surface area contributed by atoms with Crippen molar-refractivity contribution in [2.24, 2.45) is 0 Å². The molecule has 0 atom stereocenters. The molecular formula is C2HFO6S. The van der Waals surface area contributed by atoms with E-state index in [0.29, 0.717) is 0 Å². The molecule has 58 valence electrons. The number of hydrogen-bond donors (Lipinski definition) is 1. The van der Waals surface area contributed by atoms with Crippen molar-refractivity contribution >= 4 is 22.4 Å². The molecule has 0 amide bonds. The van der Waals surface area contributed by atoms with E-state index in [-0.39, 0.29) is 0 Å². The summed E-state index contributed by atoms with van der Waals surface area (Å²) in [6, 6.07) is -2.60. The maximum Gasteiger partial charge on any atom is 0.449 e. The molecule has 0 heterocycles. The molecule has 0 bridgehead atoms. The number of carbonyl (C=O) groups excluding carboxylic acids is 2. The second-order valence-electron chi connectivity index (χ2n) is 1.07. The average molecular weight is 172 g/mol. The maximum atomic E-state index is 11.1. The molecule has 8 heteroatoms. The van der Waals surface area contributed by atoms with E-state index in [4.69, 9.17) is 4.55 Å². The van der Waals surface area contributed by atoms with Gasteiger partial charge in [0.05, 0.1) is 0 Å². The third-order valence-electron chi connectivity index (χ3n) is 0.341. The summed E-state index contributed by atoms with van der Waals surface area (Å²) in [6.07, 6.45) is 0. The van der Waals surface area contributed by atoms with Gasteiger partial charge in [-0.25, -0.2) is 9.59 Å². The maximum absolute atomic E-state index is 11.1. The van der Waals surface area contributed by atoms with Crippen molar-refractivity contribution in [3.8, 4) is 0 Å². The fourth-order valence-corrected chi connectivity index (χ4v) is 0.385. The van der Waals surface area contributed by atoms with E-state index >= 15 is 0 Å². The molecule has 0 rings (SSSR count). The van der Waals surface area contributed by atoms with Gasteiger partial charge in [0.1, 0.15) is 0 Å². The first-order chi connectivity index (χ1) is 4.33. The van der Waals surface area contributed by atoms with Crippen LogP contribution in [0.3, 0.4) is 0 Å². The van der Waals surface area contributed by atoms with E-state index in [0.717, 1.165) is 0 Å². The minimum Gasteiger partial charge on any atom is -0.315 e. The SMILES string of the molecule is O=C(F)C(=O)OS(=O)(=O)O. The van der Waals surface area contributed by atoms with Crippen LogP contribution in [0, 0.1) is 0 Å². The smallest absolute Gasteiger partial charge is 0.315 e. The Kier molecular flexibility index (Phi) is 2.43. The second kappa shape index (κ2) is 2.71. The first-order valence-corrected chi connectivity index (χ1v) is 3.10. The highest BCUT2D eigenvalue weighted by molar-refractivity contribution is 7.81. The Morgan fingerprint density at radius 1 is 1.40 bits per heavy atom. The van der Waals surface area contributed by atoms with Crippen molar-refractivity contribution < 1.29 is 31.1 Å². The van der Waals surface area contributed by atoms with E-state index in [1.54, 1.807) is 0 Å². The largest absolute Gasteiger partial charge is 0.449 e. The molecule has 0 fully saturated rings.